The van der Waals surface area contributed by atoms with Crippen LogP contribution in [0.5, 0.6) is 0 Å². The molecule has 0 aromatic carbocycles. The molecule has 0 aliphatic heterocycles. The molecule has 0 bridgehead atoms. The van der Waals surface area contributed by atoms with E-state index in [-0.39, 0.29) is 6.29 Å². The molecule has 0 fully saturated rings. The predicted octanol–water partition coefficient (Wildman–Crippen LogP) is 3.58. The maximum Gasteiger partial charge on any atom is 0.158 e. The maximum absolute atomic E-state index is 5.51. The van der Waals surface area contributed by atoms with Crippen LogP contribution in [0.3, 0.4) is 0 Å². The van der Waals surface area contributed by atoms with Gasteiger partial charge in [-0.2, -0.15) is 0 Å². The molecule has 0 spiro atoms. The van der Waals surface area contributed by atoms with Crippen LogP contribution in [0.25, 0.3) is 0 Å². The summed E-state index contributed by atoms with van der Waals surface area (Å²) in [6, 6.07) is 0.590. The molecule has 0 saturated heterocycles. The van der Waals surface area contributed by atoms with Crippen molar-refractivity contribution >= 4 is 0 Å². The fourth-order valence-electron chi connectivity index (χ4n) is 1.97. The molecule has 1 unspecified atom stereocenters. The topological polar surface area (TPSA) is 30.5 Å². The minimum atomic E-state index is -0.0460. The highest BCUT2D eigenvalue weighted by Crippen LogP contribution is 2.08. The van der Waals surface area contributed by atoms with Gasteiger partial charge in [-0.1, -0.05) is 26.7 Å². The van der Waals surface area contributed by atoms with E-state index >= 15 is 0 Å². The van der Waals surface area contributed by atoms with Crippen LogP contribution in [0.4, 0.5) is 0 Å². The van der Waals surface area contributed by atoms with E-state index in [1.54, 1.807) is 0 Å². The third-order valence-corrected chi connectivity index (χ3v) is 3.00. The number of hydrogen-bond donors (Lipinski definition) is 1. The molecule has 3 heteroatoms. The first-order chi connectivity index (χ1) is 8.60. The van der Waals surface area contributed by atoms with E-state index < -0.39 is 0 Å². The summed E-state index contributed by atoms with van der Waals surface area (Å²) in [5, 5.41) is 3.54. The lowest BCUT2D eigenvalue weighted by atomic mass is 10.0. The van der Waals surface area contributed by atoms with Gasteiger partial charge in [0.2, 0.25) is 0 Å². The van der Waals surface area contributed by atoms with Crippen LogP contribution in [0.1, 0.15) is 60.3 Å². The summed E-state index contributed by atoms with van der Waals surface area (Å²) < 4.78 is 11.0. The normalized spacial score (nSPS) is 13.5. The molecule has 0 aromatic heterocycles. The lowest BCUT2D eigenvalue weighted by molar-refractivity contribution is -0.138. The Balaban J connectivity index is 3.54. The zero-order valence-electron chi connectivity index (χ0n) is 13.0. The monoisotopic (exact) mass is 259 g/mol. The first-order valence-corrected chi connectivity index (χ1v) is 7.56. The van der Waals surface area contributed by atoms with Crippen LogP contribution < -0.4 is 5.32 Å². The van der Waals surface area contributed by atoms with Crippen LogP contribution in [0, 0.1) is 5.92 Å². The van der Waals surface area contributed by atoms with Gasteiger partial charge in [0.05, 0.1) is 0 Å². The van der Waals surface area contributed by atoms with Gasteiger partial charge < -0.3 is 14.8 Å². The minimum absolute atomic E-state index is 0.0460. The quantitative estimate of drug-likeness (QED) is 0.543. The highest BCUT2D eigenvalue weighted by molar-refractivity contribution is 4.62. The molecule has 110 valence electrons. The first kappa shape index (κ1) is 17.9. The van der Waals surface area contributed by atoms with Gasteiger partial charge in [0.1, 0.15) is 0 Å². The first-order valence-electron chi connectivity index (χ1n) is 7.56. The van der Waals surface area contributed by atoms with Gasteiger partial charge >= 0.3 is 0 Å². The van der Waals surface area contributed by atoms with Crippen molar-refractivity contribution in [1.29, 1.82) is 0 Å². The number of ether oxygens (including phenoxy) is 2. The Labute approximate surface area is 114 Å². The van der Waals surface area contributed by atoms with Gasteiger partial charge in [-0.25, -0.2) is 0 Å². The molecule has 3 nitrogen and oxygen atoms in total. The Hall–Kier alpha value is -0.120. The fraction of sp³-hybridized carbons (Fsp3) is 1.00. The number of rotatable bonds is 12. The summed E-state index contributed by atoms with van der Waals surface area (Å²) in [4.78, 5) is 0. The van der Waals surface area contributed by atoms with Crippen LogP contribution in [0.2, 0.25) is 0 Å². The van der Waals surface area contributed by atoms with Gasteiger partial charge in [-0.05, 0) is 33.1 Å². The van der Waals surface area contributed by atoms with E-state index in [4.69, 9.17) is 9.47 Å². The Morgan fingerprint density at radius 1 is 0.889 bits per heavy atom. The van der Waals surface area contributed by atoms with Crippen LogP contribution in [-0.2, 0) is 9.47 Å². The zero-order chi connectivity index (χ0) is 13.8. The Morgan fingerprint density at radius 2 is 1.50 bits per heavy atom. The lowest BCUT2D eigenvalue weighted by Crippen LogP contribution is -2.30. The van der Waals surface area contributed by atoms with Crippen LogP contribution in [0.15, 0.2) is 0 Å². The minimum Gasteiger partial charge on any atom is -0.353 e. The Bertz CT molecular complexity index is 168. The molecular weight excluding hydrogens is 226 g/mol. The molecule has 18 heavy (non-hydrogen) atoms. The van der Waals surface area contributed by atoms with Crippen molar-refractivity contribution in [2.75, 3.05) is 19.8 Å². The van der Waals surface area contributed by atoms with Crippen molar-refractivity contribution in [3.8, 4) is 0 Å². The smallest absolute Gasteiger partial charge is 0.158 e. The fourth-order valence-corrected chi connectivity index (χ4v) is 1.97. The SMILES string of the molecule is CCOC(CCNC(C)CCCC(C)C)OCC. The van der Waals surface area contributed by atoms with E-state index in [0.29, 0.717) is 19.3 Å². The zero-order valence-corrected chi connectivity index (χ0v) is 13.0. The van der Waals surface area contributed by atoms with E-state index in [2.05, 4.69) is 26.1 Å². The molecule has 0 rings (SSSR count). The van der Waals surface area contributed by atoms with E-state index in [1.165, 1.54) is 19.3 Å². The average molecular weight is 259 g/mol. The van der Waals surface area contributed by atoms with E-state index in [1.807, 2.05) is 13.8 Å². The van der Waals surface area contributed by atoms with Crippen LogP contribution in [-0.4, -0.2) is 32.1 Å². The van der Waals surface area contributed by atoms with Crippen molar-refractivity contribution in [3.63, 3.8) is 0 Å². The summed E-state index contributed by atoms with van der Waals surface area (Å²) in [5.41, 5.74) is 0. The molecule has 0 heterocycles. The third kappa shape index (κ3) is 11.0. The van der Waals surface area contributed by atoms with Gasteiger partial charge in [-0.3, -0.25) is 0 Å². The van der Waals surface area contributed by atoms with E-state index in [0.717, 1.165) is 18.9 Å². The van der Waals surface area contributed by atoms with Crippen molar-refractivity contribution < 1.29 is 9.47 Å². The van der Waals surface area contributed by atoms with Crippen molar-refractivity contribution in [3.05, 3.63) is 0 Å². The number of nitrogens with one attached hydrogen (secondary N) is 1. The van der Waals surface area contributed by atoms with Crippen LogP contribution >= 0.6 is 0 Å². The Morgan fingerprint density at radius 3 is 2.00 bits per heavy atom. The summed E-state index contributed by atoms with van der Waals surface area (Å²) in [6.07, 6.45) is 4.77. The summed E-state index contributed by atoms with van der Waals surface area (Å²) in [6.45, 7) is 13.2. The number of hydrogen-bond acceptors (Lipinski definition) is 3. The maximum atomic E-state index is 5.51. The molecule has 1 N–H and O–H groups in total. The molecule has 0 aromatic rings. The van der Waals surface area contributed by atoms with Gasteiger partial charge in [0.15, 0.2) is 6.29 Å². The lowest BCUT2D eigenvalue weighted by Gasteiger charge is -2.19. The van der Waals surface area contributed by atoms with Crippen molar-refractivity contribution in [2.45, 2.75) is 72.6 Å². The second-order valence-corrected chi connectivity index (χ2v) is 5.31. The van der Waals surface area contributed by atoms with Gasteiger partial charge in [0, 0.05) is 32.2 Å². The molecule has 1 atom stereocenters. The average Bonchev–Trinajstić information content (AvgIpc) is 2.29. The standard InChI is InChI=1S/C15H33NO2/c1-6-17-15(18-7-2)11-12-16-14(5)10-8-9-13(3)4/h13-16H,6-12H2,1-5H3. The second-order valence-electron chi connectivity index (χ2n) is 5.31. The Kier molecular flexibility index (Phi) is 11.9. The van der Waals surface area contributed by atoms with E-state index in [9.17, 15) is 0 Å². The predicted molar refractivity (Wildman–Crippen MR) is 77.8 cm³/mol. The third-order valence-electron chi connectivity index (χ3n) is 3.00. The summed E-state index contributed by atoms with van der Waals surface area (Å²) in [5.74, 6) is 0.817. The second kappa shape index (κ2) is 11.9. The molecule has 0 amide bonds. The summed E-state index contributed by atoms with van der Waals surface area (Å²) in [7, 11) is 0. The van der Waals surface area contributed by atoms with Crippen molar-refractivity contribution in [1.82, 2.24) is 5.32 Å². The molecule has 0 saturated carbocycles. The molecule has 0 aliphatic rings. The molecule has 0 radical (unpaired) electrons. The summed E-state index contributed by atoms with van der Waals surface area (Å²) >= 11 is 0. The van der Waals surface area contributed by atoms with Gasteiger partial charge in [-0.15, -0.1) is 0 Å². The molecular formula is C15H33NO2. The molecule has 0 aliphatic carbocycles. The highest BCUT2D eigenvalue weighted by atomic mass is 16.7. The largest absolute Gasteiger partial charge is 0.353 e. The van der Waals surface area contributed by atoms with Crippen molar-refractivity contribution in [2.24, 2.45) is 5.92 Å². The highest BCUT2D eigenvalue weighted by Gasteiger charge is 2.08. The van der Waals surface area contributed by atoms with Gasteiger partial charge in [0.25, 0.3) is 0 Å².